The van der Waals surface area contributed by atoms with Crippen molar-refractivity contribution in [3.05, 3.63) is 35.9 Å². The molecule has 0 aromatic heterocycles. The molecular weight excluding hydrogens is 340 g/mol. The lowest BCUT2D eigenvalue weighted by molar-refractivity contribution is -0.00669. The number of nitrogens with zero attached hydrogens (tertiary/aromatic N) is 2. The third kappa shape index (κ3) is 3.91. The maximum atomic E-state index is 5.50. The molecule has 5 atom stereocenters. The van der Waals surface area contributed by atoms with Gasteiger partial charge in [-0.05, 0) is 24.3 Å². The summed E-state index contributed by atoms with van der Waals surface area (Å²) in [5.41, 5.74) is 5.04. The van der Waals surface area contributed by atoms with E-state index in [1.807, 2.05) is 0 Å². The highest BCUT2D eigenvalue weighted by Gasteiger charge is 2.45. The molecule has 0 radical (unpaired) electrons. The highest BCUT2D eigenvalue weighted by atomic mass is 16.5. The van der Waals surface area contributed by atoms with Crippen molar-refractivity contribution >= 4 is 0 Å². The molecule has 1 aromatic carbocycles. The van der Waals surface area contributed by atoms with Crippen molar-refractivity contribution in [3.63, 3.8) is 0 Å². The normalized spacial score (nSPS) is 37.7. The van der Waals surface area contributed by atoms with Crippen molar-refractivity contribution in [2.45, 2.75) is 50.5 Å². The van der Waals surface area contributed by atoms with Crippen LogP contribution in [0.15, 0.2) is 30.3 Å². The Kier molecular flexibility index (Phi) is 5.42. The lowest BCUT2D eigenvalue weighted by Crippen LogP contribution is -2.68. The van der Waals surface area contributed by atoms with Gasteiger partial charge in [-0.3, -0.25) is 15.5 Å². The standard InChI is InChI=1S/C20H32N6O/c1-2-5-15(6-3-1)13-21-17-8-4-7-16-14-26-19(22-18(16)17)23-20(24-26)25-9-11-27-12-10-25/h1-3,5-6,16-24H,4,7-14H2. The van der Waals surface area contributed by atoms with Crippen molar-refractivity contribution < 1.29 is 4.74 Å². The topological polar surface area (TPSA) is 63.8 Å². The third-order valence-corrected chi connectivity index (χ3v) is 6.55. The molecule has 7 heteroatoms. The molecule has 0 spiro atoms. The van der Waals surface area contributed by atoms with E-state index in [1.165, 1.54) is 24.8 Å². The number of ether oxygens (including phenoxy) is 1. The van der Waals surface area contributed by atoms with Crippen LogP contribution in [0.25, 0.3) is 0 Å². The minimum Gasteiger partial charge on any atom is -0.379 e. The number of hydrogen-bond donors (Lipinski definition) is 4. The first-order valence-corrected chi connectivity index (χ1v) is 10.5. The Balaban J connectivity index is 1.21. The SMILES string of the molecule is c1ccc(CNC2CCCC3CN4NC(N5CCOCC5)NC4NC32)cc1. The van der Waals surface area contributed by atoms with E-state index >= 15 is 0 Å². The Hall–Kier alpha value is -1.06. The Morgan fingerprint density at radius 3 is 2.74 bits per heavy atom. The number of hydrazine groups is 1. The molecule has 7 nitrogen and oxygen atoms in total. The Morgan fingerprint density at radius 1 is 1.04 bits per heavy atom. The van der Waals surface area contributed by atoms with Crippen LogP contribution in [0.1, 0.15) is 24.8 Å². The van der Waals surface area contributed by atoms with Gasteiger partial charge in [-0.15, -0.1) is 0 Å². The smallest absolute Gasteiger partial charge is 0.129 e. The first-order valence-electron chi connectivity index (χ1n) is 10.5. The predicted octanol–water partition coefficient (Wildman–Crippen LogP) is 0.226. The van der Waals surface area contributed by atoms with Crippen molar-refractivity contribution in [2.24, 2.45) is 5.92 Å². The minimum absolute atomic E-state index is 0.207. The molecule has 1 saturated carbocycles. The van der Waals surface area contributed by atoms with Crippen molar-refractivity contribution in [1.29, 1.82) is 0 Å². The first kappa shape index (κ1) is 18.0. The van der Waals surface area contributed by atoms with Gasteiger partial charge < -0.3 is 10.1 Å². The highest BCUT2D eigenvalue weighted by Crippen LogP contribution is 2.30. The van der Waals surface area contributed by atoms with Gasteiger partial charge in [-0.1, -0.05) is 36.8 Å². The quantitative estimate of drug-likeness (QED) is 0.603. The van der Waals surface area contributed by atoms with Crippen molar-refractivity contribution in [3.8, 4) is 0 Å². The lowest BCUT2D eigenvalue weighted by Gasteiger charge is -2.47. The van der Waals surface area contributed by atoms with Gasteiger partial charge in [0.1, 0.15) is 12.6 Å². The van der Waals surface area contributed by atoms with Crippen LogP contribution in [-0.2, 0) is 11.3 Å². The molecule has 5 unspecified atom stereocenters. The molecule has 4 aliphatic rings. The molecule has 148 valence electrons. The van der Waals surface area contributed by atoms with Gasteiger partial charge in [-0.25, -0.2) is 10.4 Å². The van der Waals surface area contributed by atoms with Crippen LogP contribution in [0.2, 0.25) is 0 Å². The molecule has 0 amide bonds. The van der Waals surface area contributed by atoms with Crippen LogP contribution >= 0.6 is 0 Å². The maximum absolute atomic E-state index is 5.50. The van der Waals surface area contributed by atoms with Crippen LogP contribution in [0, 0.1) is 5.92 Å². The van der Waals surface area contributed by atoms with Crippen LogP contribution in [-0.4, -0.2) is 67.4 Å². The van der Waals surface area contributed by atoms with E-state index in [0.717, 1.165) is 39.4 Å². The molecule has 5 rings (SSSR count). The van der Waals surface area contributed by atoms with Crippen molar-refractivity contribution in [2.75, 3.05) is 32.8 Å². The summed E-state index contributed by atoms with van der Waals surface area (Å²) in [7, 11) is 0. The van der Waals surface area contributed by atoms with E-state index in [-0.39, 0.29) is 12.6 Å². The number of morpholine rings is 1. The zero-order chi connectivity index (χ0) is 18.1. The number of nitrogens with one attached hydrogen (secondary N) is 4. The number of hydrogen-bond acceptors (Lipinski definition) is 7. The molecule has 4 fully saturated rings. The molecule has 1 aliphatic carbocycles. The summed E-state index contributed by atoms with van der Waals surface area (Å²) in [6.07, 6.45) is 4.30. The Morgan fingerprint density at radius 2 is 1.89 bits per heavy atom. The molecule has 1 aromatic rings. The maximum Gasteiger partial charge on any atom is 0.129 e. The van der Waals surface area contributed by atoms with Gasteiger partial charge in [-0.2, -0.15) is 0 Å². The summed E-state index contributed by atoms with van der Waals surface area (Å²) in [6.45, 7) is 5.69. The zero-order valence-electron chi connectivity index (χ0n) is 15.9. The van der Waals surface area contributed by atoms with Crippen LogP contribution in [0.4, 0.5) is 0 Å². The summed E-state index contributed by atoms with van der Waals surface area (Å²) in [4.78, 5) is 2.44. The van der Waals surface area contributed by atoms with Gasteiger partial charge in [0.15, 0.2) is 0 Å². The third-order valence-electron chi connectivity index (χ3n) is 6.55. The highest BCUT2D eigenvalue weighted by molar-refractivity contribution is 5.14. The molecular formula is C20H32N6O. The second kappa shape index (κ2) is 8.13. The Bertz CT molecular complexity index is 610. The molecule has 4 N–H and O–H groups in total. The average molecular weight is 373 g/mol. The second-order valence-corrected chi connectivity index (χ2v) is 8.26. The summed E-state index contributed by atoms with van der Waals surface area (Å²) in [5, 5.41) is 13.9. The molecule has 3 aliphatic heterocycles. The van der Waals surface area contributed by atoms with Crippen LogP contribution in [0.5, 0.6) is 0 Å². The first-order chi connectivity index (χ1) is 13.4. The second-order valence-electron chi connectivity index (χ2n) is 8.26. The predicted molar refractivity (Wildman–Crippen MR) is 104 cm³/mol. The van der Waals surface area contributed by atoms with Crippen LogP contribution < -0.4 is 21.4 Å². The largest absolute Gasteiger partial charge is 0.379 e. The fourth-order valence-corrected chi connectivity index (χ4v) is 5.08. The monoisotopic (exact) mass is 372 g/mol. The van der Waals surface area contributed by atoms with E-state index < -0.39 is 0 Å². The van der Waals surface area contributed by atoms with Gasteiger partial charge in [0.25, 0.3) is 0 Å². The summed E-state index contributed by atoms with van der Waals surface area (Å²) >= 11 is 0. The molecule has 3 heterocycles. The minimum atomic E-state index is 0.207. The summed E-state index contributed by atoms with van der Waals surface area (Å²) < 4.78 is 5.50. The fourth-order valence-electron chi connectivity index (χ4n) is 5.08. The number of fused-ring (bicyclic) bond motifs is 2. The van der Waals surface area contributed by atoms with E-state index in [1.54, 1.807) is 0 Å². The zero-order valence-corrected chi connectivity index (χ0v) is 15.9. The van der Waals surface area contributed by atoms with E-state index in [2.05, 4.69) is 61.6 Å². The van der Waals surface area contributed by atoms with E-state index in [0.29, 0.717) is 18.0 Å². The molecule has 27 heavy (non-hydrogen) atoms. The molecule has 3 saturated heterocycles. The molecule has 0 bridgehead atoms. The van der Waals surface area contributed by atoms with Gasteiger partial charge >= 0.3 is 0 Å². The summed E-state index contributed by atoms with van der Waals surface area (Å²) in [5.74, 6) is 0.695. The lowest BCUT2D eigenvalue weighted by atomic mass is 9.79. The number of benzene rings is 1. The van der Waals surface area contributed by atoms with Crippen molar-refractivity contribution in [1.82, 2.24) is 31.3 Å². The fraction of sp³-hybridized carbons (Fsp3) is 0.700. The average Bonchev–Trinajstić information content (AvgIpc) is 3.15. The van der Waals surface area contributed by atoms with Gasteiger partial charge in [0.05, 0.1) is 13.2 Å². The van der Waals surface area contributed by atoms with E-state index in [4.69, 9.17) is 4.74 Å². The van der Waals surface area contributed by atoms with Crippen LogP contribution in [0.3, 0.4) is 0 Å². The summed E-state index contributed by atoms with van der Waals surface area (Å²) in [6, 6.07) is 11.8. The van der Waals surface area contributed by atoms with Gasteiger partial charge in [0.2, 0.25) is 0 Å². The van der Waals surface area contributed by atoms with Gasteiger partial charge in [0, 0.05) is 38.3 Å². The van der Waals surface area contributed by atoms with E-state index in [9.17, 15) is 0 Å². The number of rotatable bonds is 4. The Labute approximate surface area is 161 Å².